The molecule has 1 heterocycles. The maximum Gasteiger partial charge on any atom is 0.293 e. The summed E-state index contributed by atoms with van der Waals surface area (Å²) in [5.41, 5.74) is 3.47. The Balaban J connectivity index is 1.38. The highest BCUT2D eigenvalue weighted by Crippen LogP contribution is 2.34. The summed E-state index contributed by atoms with van der Waals surface area (Å²) in [6.07, 6.45) is 0. The number of ether oxygens (including phenoxy) is 1. The first kappa shape index (κ1) is 21.1. The lowest BCUT2D eigenvalue weighted by Gasteiger charge is -2.08. The Bertz CT molecular complexity index is 1160. The zero-order chi connectivity index (χ0) is 21.6. The molecule has 8 heteroatoms. The van der Waals surface area contributed by atoms with E-state index in [-0.39, 0.29) is 10.6 Å². The van der Waals surface area contributed by atoms with Gasteiger partial charge in [0.15, 0.2) is 0 Å². The highest BCUT2D eigenvalue weighted by Gasteiger charge is 2.16. The Morgan fingerprint density at radius 3 is 2.68 bits per heavy atom. The summed E-state index contributed by atoms with van der Waals surface area (Å²) in [7, 11) is 1.65. The highest BCUT2D eigenvalue weighted by atomic mass is 32.2. The van der Waals surface area contributed by atoms with Gasteiger partial charge in [0.2, 0.25) is 0 Å². The van der Waals surface area contributed by atoms with Crippen molar-refractivity contribution in [2.45, 2.75) is 5.75 Å². The van der Waals surface area contributed by atoms with E-state index < -0.39 is 0 Å². The van der Waals surface area contributed by atoms with Crippen molar-refractivity contribution in [2.24, 2.45) is 0 Å². The SMILES string of the molecule is COc1ccc(CSCCNc2ccc(-c3nc4ccccc4s3)cc2[N+](=O)[O-])cc1. The van der Waals surface area contributed by atoms with E-state index in [4.69, 9.17) is 4.74 Å². The third-order valence-electron chi connectivity index (χ3n) is 4.72. The van der Waals surface area contributed by atoms with Gasteiger partial charge in [-0.15, -0.1) is 11.3 Å². The summed E-state index contributed by atoms with van der Waals surface area (Å²) in [5, 5.41) is 15.6. The number of nitrogens with zero attached hydrogens (tertiary/aromatic N) is 2. The molecule has 0 fully saturated rings. The number of nitro benzene ring substituents is 1. The molecule has 6 nitrogen and oxygen atoms in total. The van der Waals surface area contributed by atoms with Crippen LogP contribution in [0, 0.1) is 10.1 Å². The Hall–Kier alpha value is -3.10. The topological polar surface area (TPSA) is 77.3 Å². The van der Waals surface area contributed by atoms with Gasteiger partial charge in [0.05, 0.1) is 22.2 Å². The van der Waals surface area contributed by atoms with Crippen molar-refractivity contribution in [2.75, 3.05) is 24.7 Å². The number of anilines is 1. The van der Waals surface area contributed by atoms with E-state index >= 15 is 0 Å². The fraction of sp³-hybridized carbons (Fsp3) is 0.174. The van der Waals surface area contributed by atoms with Crippen molar-refractivity contribution in [1.29, 1.82) is 0 Å². The summed E-state index contributed by atoms with van der Waals surface area (Å²) in [6, 6.07) is 21.1. The van der Waals surface area contributed by atoms with Crippen LogP contribution in [0.1, 0.15) is 5.56 Å². The first-order valence-corrected chi connectivity index (χ1v) is 11.7. The number of fused-ring (bicyclic) bond motifs is 1. The number of thioether (sulfide) groups is 1. The molecule has 0 saturated heterocycles. The summed E-state index contributed by atoms with van der Waals surface area (Å²) < 4.78 is 6.23. The fourth-order valence-corrected chi connectivity index (χ4v) is 4.91. The van der Waals surface area contributed by atoms with Gasteiger partial charge in [-0.25, -0.2) is 4.98 Å². The number of hydrogen-bond acceptors (Lipinski definition) is 7. The molecule has 0 radical (unpaired) electrons. The zero-order valence-corrected chi connectivity index (χ0v) is 18.5. The number of benzene rings is 3. The second kappa shape index (κ2) is 9.80. The van der Waals surface area contributed by atoms with E-state index in [1.54, 1.807) is 31.0 Å². The second-order valence-electron chi connectivity index (χ2n) is 6.80. The first-order chi connectivity index (χ1) is 15.1. The number of nitro groups is 1. The molecule has 1 aromatic heterocycles. The molecule has 0 unspecified atom stereocenters. The van der Waals surface area contributed by atoms with Gasteiger partial charge in [0.1, 0.15) is 16.4 Å². The summed E-state index contributed by atoms with van der Waals surface area (Å²) in [5.74, 6) is 2.56. The van der Waals surface area contributed by atoms with E-state index in [9.17, 15) is 10.1 Å². The average molecular weight is 452 g/mol. The molecule has 0 spiro atoms. The summed E-state index contributed by atoms with van der Waals surface area (Å²) >= 11 is 3.31. The van der Waals surface area contributed by atoms with Crippen molar-refractivity contribution < 1.29 is 9.66 Å². The minimum Gasteiger partial charge on any atom is -0.497 e. The second-order valence-corrected chi connectivity index (χ2v) is 8.94. The maximum atomic E-state index is 11.6. The first-order valence-electron chi connectivity index (χ1n) is 9.73. The van der Waals surface area contributed by atoms with Crippen LogP contribution in [-0.2, 0) is 5.75 Å². The lowest BCUT2D eigenvalue weighted by Crippen LogP contribution is -2.06. The minimum absolute atomic E-state index is 0.0666. The van der Waals surface area contributed by atoms with E-state index in [0.29, 0.717) is 12.2 Å². The van der Waals surface area contributed by atoms with Crippen LogP contribution < -0.4 is 10.1 Å². The summed E-state index contributed by atoms with van der Waals surface area (Å²) in [4.78, 5) is 15.9. The molecule has 0 bridgehead atoms. The van der Waals surface area contributed by atoms with Crippen LogP contribution in [0.2, 0.25) is 0 Å². The molecule has 0 aliphatic heterocycles. The number of methoxy groups -OCH3 is 1. The van der Waals surface area contributed by atoms with Crippen molar-refractivity contribution in [3.8, 4) is 16.3 Å². The largest absolute Gasteiger partial charge is 0.497 e. The van der Waals surface area contributed by atoms with Gasteiger partial charge in [-0.05, 0) is 42.0 Å². The summed E-state index contributed by atoms with van der Waals surface area (Å²) in [6.45, 7) is 0.641. The number of hydrogen-bond donors (Lipinski definition) is 1. The van der Waals surface area contributed by atoms with Crippen molar-refractivity contribution in [3.05, 3.63) is 82.4 Å². The molecule has 1 N–H and O–H groups in total. The molecule has 0 saturated carbocycles. The fourth-order valence-electron chi connectivity index (χ4n) is 3.13. The molecule has 4 aromatic rings. The van der Waals surface area contributed by atoms with E-state index in [2.05, 4.69) is 10.3 Å². The predicted octanol–water partition coefficient (Wildman–Crippen LogP) is 6.23. The monoisotopic (exact) mass is 451 g/mol. The molecule has 0 aliphatic rings. The number of nitrogens with one attached hydrogen (secondary N) is 1. The number of para-hydroxylation sites is 1. The predicted molar refractivity (Wildman–Crippen MR) is 129 cm³/mol. The van der Waals surface area contributed by atoms with Crippen molar-refractivity contribution in [1.82, 2.24) is 4.98 Å². The van der Waals surface area contributed by atoms with Gasteiger partial charge < -0.3 is 10.1 Å². The van der Waals surface area contributed by atoms with Crippen LogP contribution in [0.3, 0.4) is 0 Å². The van der Waals surface area contributed by atoms with Crippen LogP contribution in [0.15, 0.2) is 66.7 Å². The molecule has 4 rings (SSSR count). The van der Waals surface area contributed by atoms with Crippen LogP contribution >= 0.6 is 23.1 Å². The van der Waals surface area contributed by atoms with Gasteiger partial charge >= 0.3 is 0 Å². The van der Waals surface area contributed by atoms with Gasteiger partial charge in [-0.3, -0.25) is 10.1 Å². The van der Waals surface area contributed by atoms with Crippen LogP contribution in [-0.4, -0.2) is 29.3 Å². The smallest absolute Gasteiger partial charge is 0.293 e. The Morgan fingerprint density at radius 1 is 1.13 bits per heavy atom. The average Bonchev–Trinajstić information content (AvgIpc) is 3.23. The lowest BCUT2D eigenvalue weighted by molar-refractivity contribution is -0.383. The quantitative estimate of drug-likeness (QED) is 0.185. The van der Waals surface area contributed by atoms with Gasteiger partial charge in [-0.1, -0.05) is 24.3 Å². The van der Waals surface area contributed by atoms with E-state index in [0.717, 1.165) is 38.0 Å². The van der Waals surface area contributed by atoms with Crippen molar-refractivity contribution >= 4 is 44.7 Å². The number of thiazole rings is 1. The minimum atomic E-state index is -0.344. The highest BCUT2D eigenvalue weighted by molar-refractivity contribution is 7.98. The normalized spacial score (nSPS) is 10.9. The Morgan fingerprint density at radius 2 is 1.94 bits per heavy atom. The molecule has 3 aromatic carbocycles. The molecule has 31 heavy (non-hydrogen) atoms. The molecular formula is C23H21N3O3S2. The number of rotatable bonds is 9. The van der Waals surface area contributed by atoms with Gasteiger partial charge in [0, 0.05) is 29.7 Å². The van der Waals surface area contributed by atoms with E-state index in [1.807, 2.05) is 54.6 Å². The molecule has 0 aliphatic carbocycles. The molecule has 158 valence electrons. The van der Waals surface area contributed by atoms with E-state index in [1.165, 1.54) is 16.9 Å². The Labute approximate surface area is 188 Å². The lowest BCUT2D eigenvalue weighted by atomic mass is 10.2. The molecule has 0 atom stereocenters. The molecule has 0 amide bonds. The van der Waals surface area contributed by atoms with Gasteiger partial charge in [-0.2, -0.15) is 11.8 Å². The van der Waals surface area contributed by atoms with Crippen molar-refractivity contribution in [3.63, 3.8) is 0 Å². The van der Waals surface area contributed by atoms with Crippen LogP contribution in [0.5, 0.6) is 5.75 Å². The van der Waals surface area contributed by atoms with Crippen LogP contribution in [0.4, 0.5) is 11.4 Å². The maximum absolute atomic E-state index is 11.6. The third kappa shape index (κ3) is 5.15. The molecular weight excluding hydrogens is 430 g/mol. The third-order valence-corrected chi connectivity index (χ3v) is 6.84. The Kier molecular flexibility index (Phi) is 6.69. The zero-order valence-electron chi connectivity index (χ0n) is 16.9. The van der Waals surface area contributed by atoms with Gasteiger partial charge in [0.25, 0.3) is 5.69 Å². The number of aromatic nitrogens is 1. The van der Waals surface area contributed by atoms with Crippen LogP contribution in [0.25, 0.3) is 20.8 Å². The standard InChI is InChI=1S/C23H21N3O3S2/c1-29-18-9-6-16(7-10-18)15-30-13-12-24-19-11-8-17(14-21(19)26(27)28)23-25-20-4-2-3-5-22(20)31-23/h2-11,14,24H,12-13,15H2,1H3.